The van der Waals surface area contributed by atoms with Gasteiger partial charge in [0.15, 0.2) is 0 Å². The summed E-state index contributed by atoms with van der Waals surface area (Å²) in [5.74, 6) is 0.640. The Morgan fingerprint density at radius 3 is 2.67 bits per heavy atom. The second kappa shape index (κ2) is 6.93. The van der Waals surface area contributed by atoms with E-state index in [1.807, 2.05) is 44.3 Å². The van der Waals surface area contributed by atoms with Crippen LogP contribution in [0.1, 0.15) is 24.4 Å². The van der Waals surface area contributed by atoms with Crippen LogP contribution in [0.25, 0.3) is 10.9 Å². The summed E-state index contributed by atoms with van der Waals surface area (Å²) in [5, 5.41) is 1.67. The number of H-pyrrole nitrogens is 1. The molecule has 1 atom stereocenters. The molecule has 1 heterocycles. The molecule has 3 aromatic rings. The molecule has 1 aromatic heterocycles. The Morgan fingerprint density at radius 2 is 1.92 bits per heavy atom. The Labute approximate surface area is 150 Å². The number of nitrogens with zero attached hydrogens (tertiary/aromatic N) is 2. The molecule has 0 amide bonds. The van der Waals surface area contributed by atoms with Crippen molar-refractivity contribution in [3.05, 3.63) is 74.3 Å². The minimum absolute atomic E-state index is 0.0586. The summed E-state index contributed by atoms with van der Waals surface area (Å²) in [5.41, 5.74) is 1.62. The molecule has 0 saturated heterocycles. The number of nitrogens with one attached hydrogen (secondary N) is 1. The van der Waals surface area contributed by atoms with Gasteiger partial charge in [0.1, 0.15) is 5.82 Å². The van der Waals surface area contributed by atoms with E-state index < -0.39 is 0 Å². The Kier molecular flexibility index (Phi) is 4.90. The largest absolute Gasteiger partial charge is 0.309 e. The topological polar surface area (TPSA) is 49.0 Å². The number of rotatable bonds is 4. The summed E-state index contributed by atoms with van der Waals surface area (Å²) in [7, 11) is 1.97. The van der Waals surface area contributed by atoms with Crippen molar-refractivity contribution in [2.24, 2.45) is 0 Å². The van der Waals surface area contributed by atoms with Crippen molar-refractivity contribution in [1.29, 1.82) is 0 Å². The second-order valence-corrected chi connectivity index (χ2v) is 6.62. The van der Waals surface area contributed by atoms with Crippen LogP contribution in [0.15, 0.2) is 47.3 Å². The van der Waals surface area contributed by atoms with Crippen LogP contribution in [0.5, 0.6) is 0 Å². The Morgan fingerprint density at radius 1 is 1.17 bits per heavy atom. The van der Waals surface area contributed by atoms with Gasteiger partial charge in [0.05, 0.1) is 27.0 Å². The van der Waals surface area contributed by atoms with Crippen molar-refractivity contribution in [1.82, 2.24) is 14.9 Å². The van der Waals surface area contributed by atoms with Crippen molar-refractivity contribution < 1.29 is 0 Å². The molecule has 124 valence electrons. The molecule has 0 spiro atoms. The van der Waals surface area contributed by atoms with Gasteiger partial charge in [-0.05, 0) is 43.8 Å². The summed E-state index contributed by atoms with van der Waals surface area (Å²) in [6, 6.07) is 12.8. The molecule has 2 aromatic carbocycles. The van der Waals surface area contributed by atoms with Gasteiger partial charge in [0.2, 0.25) is 0 Å². The number of fused-ring (bicyclic) bond motifs is 1. The lowest BCUT2D eigenvalue weighted by Gasteiger charge is -2.24. The highest BCUT2D eigenvalue weighted by atomic mass is 35.5. The summed E-state index contributed by atoms with van der Waals surface area (Å²) >= 11 is 12.0. The predicted molar refractivity (Wildman–Crippen MR) is 98.7 cm³/mol. The number of halogens is 2. The molecule has 0 fully saturated rings. The molecular weight excluding hydrogens is 345 g/mol. The lowest BCUT2D eigenvalue weighted by atomic mass is 10.1. The third-order valence-electron chi connectivity index (χ3n) is 4.10. The molecule has 1 N–H and O–H groups in total. The van der Waals surface area contributed by atoms with Gasteiger partial charge in [0.25, 0.3) is 5.56 Å². The average Bonchev–Trinajstić information content (AvgIpc) is 2.57. The van der Waals surface area contributed by atoms with E-state index in [-0.39, 0.29) is 11.6 Å². The first-order valence-corrected chi connectivity index (χ1v) is 8.34. The maximum Gasteiger partial charge on any atom is 0.258 e. The first kappa shape index (κ1) is 17.0. The quantitative estimate of drug-likeness (QED) is 0.747. The third kappa shape index (κ3) is 3.46. The van der Waals surface area contributed by atoms with Crippen molar-refractivity contribution in [3.8, 4) is 0 Å². The van der Waals surface area contributed by atoms with Gasteiger partial charge in [-0.1, -0.05) is 41.4 Å². The maximum absolute atomic E-state index is 12.2. The van der Waals surface area contributed by atoms with Gasteiger partial charge in [0, 0.05) is 6.54 Å². The van der Waals surface area contributed by atoms with Crippen molar-refractivity contribution in [2.75, 3.05) is 7.05 Å². The lowest BCUT2D eigenvalue weighted by molar-refractivity contribution is 0.244. The predicted octanol–water partition coefficient (Wildman–Crippen LogP) is 4.42. The van der Waals surface area contributed by atoms with Crippen LogP contribution < -0.4 is 5.56 Å². The summed E-state index contributed by atoms with van der Waals surface area (Å²) in [6.07, 6.45) is 0. The molecule has 6 heteroatoms. The minimum atomic E-state index is -0.120. The van der Waals surface area contributed by atoms with E-state index in [0.717, 1.165) is 5.56 Å². The number of para-hydroxylation sites is 1. The average molecular weight is 362 g/mol. The monoisotopic (exact) mass is 361 g/mol. The standard InChI is InChI=1S/C18H17Cl2N3O/c1-11(23(2)10-12-7-8-14(19)15(20)9-12)17-21-16-6-4-3-5-13(16)18(24)22-17/h3-9,11H,10H2,1-2H3,(H,21,22,24)/t11-/m0/s1. The molecule has 0 aliphatic rings. The van der Waals surface area contributed by atoms with Gasteiger partial charge in [-0.3, -0.25) is 9.69 Å². The zero-order valence-corrected chi connectivity index (χ0v) is 14.9. The van der Waals surface area contributed by atoms with E-state index >= 15 is 0 Å². The van der Waals surface area contributed by atoms with Gasteiger partial charge >= 0.3 is 0 Å². The van der Waals surface area contributed by atoms with Gasteiger partial charge in [-0.2, -0.15) is 0 Å². The molecule has 24 heavy (non-hydrogen) atoms. The van der Waals surface area contributed by atoms with E-state index in [9.17, 15) is 4.79 Å². The summed E-state index contributed by atoms with van der Waals surface area (Å²) in [6.45, 7) is 2.67. The van der Waals surface area contributed by atoms with E-state index in [1.165, 1.54) is 0 Å². The van der Waals surface area contributed by atoms with Crippen LogP contribution in [-0.2, 0) is 6.54 Å². The number of benzene rings is 2. The summed E-state index contributed by atoms with van der Waals surface area (Å²) in [4.78, 5) is 21.8. The normalized spacial score (nSPS) is 12.7. The zero-order chi connectivity index (χ0) is 17.3. The van der Waals surface area contributed by atoms with E-state index in [1.54, 1.807) is 12.1 Å². The Balaban J connectivity index is 1.86. The van der Waals surface area contributed by atoms with Crippen LogP contribution in [0.4, 0.5) is 0 Å². The van der Waals surface area contributed by atoms with Gasteiger partial charge in [-0.25, -0.2) is 4.98 Å². The van der Waals surface area contributed by atoms with Crippen molar-refractivity contribution in [2.45, 2.75) is 19.5 Å². The number of aromatic amines is 1. The van der Waals surface area contributed by atoms with E-state index in [0.29, 0.717) is 33.3 Å². The Hall–Kier alpha value is -1.88. The third-order valence-corrected chi connectivity index (χ3v) is 4.84. The molecule has 0 bridgehead atoms. The van der Waals surface area contributed by atoms with Gasteiger partial charge < -0.3 is 4.98 Å². The first-order valence-electron chi connectivity index (χ1n) is 7.59. The maximum atomic E-state index is 12.2. The van der Waals surface area contributed by atoms with E-state index in [2.05, 4.69) is 14.9 Å². The molecule has 0 radical (unpaired) electrons. The SMILES string of the molecule is C[C@@H](c1nc2ccccc2c(=O)[nH]1)N(C)Cc1ccc(Cl)c(Cl)c1. The number of hydrogen-bond donors (Lipinski definition) is 1. The number of aromatic nitrogens is 2. The zero-order valence-electron chi connectivity index (χ0n) is 13.4. The minimum Gasteiger partial charge on any atom is -0.309 e. The van der Waals surface area contributed by atoms with Crippen molar-refractivity contribution >= 4 is 34.1 Å². The smallest absolute Gasteiger partial charge is 0.258 e. The molecule has 0 unspecified atom stereocenters. The van der Waals surface area contributed by atoms with E-state index in [4.69, 9.17) is 23.2 Å². The lowest BCUT2D eigenvalue weighted by Crippen LogP contribution is -2.26. The first-order chi connectivity index (χ1) is 11.5. The van der Waals surface area contributed by atoms with Crippen LogP contribution in [0.3, 0.4) is 0 Å². The molecule has 0 saturated carbocycles. The second-order valence-electron chi connectivity index (χ2n) is 5.81. The fourth-order valence-electron chi connectivity index (χ4n) is 2.57. The number of hydrogen-bond acceptors (Lipinski definition) is 3. The van der Waals surface area contributed by atoms with Crippen LogP contribution in [0.2, 0.25) is 10.0 Å². The Bertz CT molecular complexity index is 939. The molecule has 0 aliphatic heterocycles. The van der Waals surface area contributed by atoms with Crippen molar-refractivity contribution in [3.63, 3.8) is 0 Å². The molecule has 0 aliphatic carbocycles. The van der Waals surface area contributed by atoms with Gasteiger partial charge in [-0.15, -0.1) is 0 Å². The highest BCUT2D eigenvalue weighted by Crippen LogP contribution is 2.25. The molecule has 4 nitrogen and oxygen atoms in total. The van der Waals surface area contributed by atoms with Crippen LogP contribution in [-0.4, -0.2) is 21.9 Å². The van der Waals surface area contributed by atoms with Crippen LogP contribution in [0, 0.1) is 0 Å². The molecular formula is C18H17Cl2N3O. The molecule has 3 rings (SSSR count). The fourth-order valence-corrected chi connectivity index (χ4v) is 2.89. The van der Waals surface area contributed by atoms with Crippen LogP contribution >= 0.6 is 23.2 Å². The fraction of sp³-hybridized carbons (Fsp3) is 0.222. The highest BCUT2D eigenvalue weighted by molar-refractivity contribution is 6.42. The summed E-state index contributed by atoms with van der Waals surface area (Å²) < 4.78 is 0. The highest BCUT2D eigenvalue weighted by Gasteiger charge is 2.16.